The van der Waals surface area contributed by atoms with Gasteiger partial charge in [-0.05, 0) is 61.5 Å². The van der Waals surface area contributed by atoms with Gasteiger partial charge in [-0.2, -0.15) is 25.8 Å². The molecule has 0 amide bonds. The van der Waals surface area contributed by atoms with Crippen molar-refractivity contribution in [2.75, 3.05) is 5.75 Å². The first kappa shape index (κ1) is 18.3. The Balaban J connectivity index is 1.97. The molecular formula is C18H17F3O2S. The summed E-state index contributed by atoms with van der Waals surface area (Å²) in [6.07, 6.45) is -0.635. The maximum absolute atomic E-state index is 12.5. The van der Waals surface area contributed by atoms with Crippen molar-refractivity contribution >= 4 is 12.6 Å². The summed E-state index contributed by atoms with van der Waals surface area (Å²) in [7, 11) is 0. The molecule has 0 aromatic heterocycles. The Hall–Kier alpha value is -2.08. The maximum atomic E-state index is 12.5. The highest BCUT2D eigenvalue weighted by Gasteiger charge is 2.30. The average Bonchev–Trinajstić information content (AvgIpc) is 2.54. The van der Waals surface area contributed by atoms with E-state index in [2.05, 4.69) is 12.6 Å². The van der Waals surface area contributed by atoms with Crippen LogP contribution in [0.15, 0.2) is 60.7 Å². The lowest BCUT2D eigenvalue weighted by Crippen LogP contribution is -2.07. The summed E-state index contributed by atoms with van der Waals surface area (Å²) in [5, 5.41) is 0. The van der Waals surface area contributed by atoms with E-state index >= 15 is 0 Å². The quantitative estimate of drug-likeness (QED) is 0.526. The van der Waals surface area contributed by atoms with Gasteiger partial charge >= 0.3 is 6.18 Å². The van der Waals surface area contributed by atoms with Gasteiger partial charge in [-0.25, -0.2) is 0 Å². The molecule has 2 rings (SSSR count). The minimum absolute atomic E-state index is 0.0844. The Labute approximate surface area is 144 Å². The van der Waals surface area contributed by atoms with Gasteiger partial charge in [-0.3, -0.25) is 0 Å². The van der Waals surface area contributed by atoms with Gasteiger partial charge in [-0.15, -0.1) is 0 Å². The van der Waals surface area contributed by atoms with Crippen LogP contribution in [0.25, 0.3) is 0 Å². The molecule has 0 radical (unpaired) electrons. The summed E-state index contributed by atoms with van der Waals surface area (Å²) >= 11 is 4.08. The minimum Gasteiger partial charge on any atom is -0.487 e. The lowest BCUT2D eigenvalue weighted by Gasteiger charge is -2.12. The van der Waals surface area contributed by atoms with Crippen molar-refractivity contribution < 1.29 is 22.6 Å². The highest BCUT2D eigenvalue weighted by Crippen LogP contribution is 2.31. The molecule has 128 valence electrons. The molecule has 0 fully saturated rings. The second-order valence-electron chi connectivity index (χ2n) is 5.03. The summed E-state index contributed by atoms with van der Waals surface area (Å²) in [6, 6.07) is 11.4. The Kier molecular flexibility index (Phi) is 6.20. The van der Waals surface area contributed by atoms with Gasteiger partial charge < -0.3 is 9.47 Å². The molecule has 1 unspecified atom stereocenters. The third kappa shape index (κ3) is 5.53. The van der Waals surface area contributed by atoms with E-state index in [-0.39, 0.29) is 6.10 Å². The number of alkyl halides is 3. The highest BCUT2D eigenvalue weighted by atomic mass is 32.1. The van der Waals surface area contributed by atoms with Crippen LogP contribution in [0.4, 0.5) is 13.2 Å². The number of thiol groups is 1. The molecule has 0 aliphatic carbocycles. The van der Waals surface area contributed by atoms with E-state index < -0.39 is 11.7 Å². The fourth-order valence-electron chi connectivity index (χ4n) is 1.94. The SMILES string of the molecule is CC(C=CCS)Oc1ccc(Oc2ccc(C(F)(F)F)cc2)cc1. The summed E-state index contributed by atoms with van der Waals surface area (Å²) in [6.45, 7) is 1.91. The second-order valence-corrected chi connectivity index (χ2v) is 5.39. The first-order valence-electron chi connectivity index (χ1n) is 7.28. The van der Waals surface area contributed by atoms with Gasteiger partial charge in [0.25, 0.3) is 0 Å². The Morgan fingerprint density at radius 3 is 1.96 bits per heavy atom. The zero-order valence-electron chi connectivity index (χ0n) is 13.0. The molecule has 0 heterocycles. The summed E-state index contributed by atoms with van der Waals surface area (Å²) in [5.41, 5.74) is -0.707. The Morgan fingerprint density at radius 1 is 0.958 bits per heavy atom. The lowest BCUT2D eigenvalue weighted by atomic mass is 10.2. The largest absolute Gasteiger partial charge is 0.487 e. The fourth-order valence-corrected chi connectivity index (χ4v) is 2.06. The molecule has 0 N–H and O–H groups in total. The number of halogens is 3. The number of hydrogen-bond donors (Lipinski definition) is 1. The van der Waals surface area contributed by atoms with E-state index in [1.54, 1.807) is 24.3 Å². The molecule has 0 aliphatic heterocycles. The van der Waals surface area contributed by atoms with Crippen LogP contribution >= 0.6 is 12.6 Å². The molecule has 0 bridgehead atoms. The smallest absolute Gasteiger partial charge is 0.416 e. The number of ether oxygens (including phenoxy) is 2. The molecule has 6 heteroatoms. The van der Waals surface area contributed by atoms with E-state index in [0.717, 1.165) is 12.1 Å². The second kappa shape index (κ2) is 8.15. The lowest BCUT2D eigenvalue weighted by molar-refractivity contribution is -0.137. The first-order chi connectivity index (χ1) is 11.4. The van der Waals surface area contributed by atoms with Gasteiger partial charge in [0.2, 0.25) is 0 Å². The van der Waals surface area contributed by atoms with Crippen molar-refractivity contribution in [1.82, 2.24) is 0 Å². The molecule has 0 spiro atoms. The fraction of sp³-hybridized carbons (Fsp3) is 0.222. The van der Waals surface area contributed by atoms with Gasteiger partial charge in [-0.1, -0.05) is 6.08 Å². The Morgan fingerprint density at radius 2 is 1.46 bits per heavy atom. The highest BCUT2D eigenvalue weighted by molar-refractivity contribution is 7.80. The molecule has 0 saturated carbocycles. The zero-order valence-corrected chi connectivity index (χ0v) is 13.8. The molecule has 2 nitrogen and oxygen atoms in total. The molecule has 24 heavy (non-hydrogen) atoms. The van der Waals surface area contributed by atoms with E-state index in [0.29, 0.717) is 23.0 Å². The van der Waals surface area contributed by atoms with Gasteiger partial charge in [0, 0.05) is 5.75 Å². The van der Waals surface area contributed by atoms with E-state index in [9.17, 15) is 13.2 Å². The summed E-state index contributed by atoms with van der Waals surface area (Å²) in [4.78, 5) is 0. The van der Waals surface area contributed by atoms with Crippen LogP contribution in [0.1, 0.15) is 12.5 Å². The number of rotatable bonds is 6. The molecule has 2 aromatic carbocycles. The number of hydrogen-bond acceptors (Lipinski definition) is 3. The zero-order chi connectivity index (χ0) is 17.6. The van der Waals surface area contributed by atoms with Crippen LogP contribution in [0, 0.1) is 0 Å². The number of benzene rings is 2. The van der Waals surface area contributed by atoms with E-state index in [1.165, 1.54) is 12.1 Å². The normalized spacial score (nSPS) is 13.0. The van der Waals surface area contributed by atoms with Crippen molar-refractivity contribution in [2.24, 2.45) is 0 Å². The summed E-state index contributed by atoms with van der Waals surface area (Å²) < 4.78 is 48.7. The molecule has 0 saturated heterocycles. The predicted molar refractivity (Wildman–Crippen MR) is 91.0 cm³/mol. The maximum Gasteiger partial charge on any atom is 0.416 e. The van der Waals surface area contributed by atoms with Crippen LogP contribution in [0.3, 0.4) is 0 Å². The Bertz CT molecular complexity index is 664. The van der Waals surface area contributed by atoms with Crippen molar-refractivity contribution in [3.8, 4) is 17.2 Å². The first-order valence-corrected chi connectivity index (χ1v) is 7.91. The van der Waals surface area contributed by atoms with Crippen LogP contribution in [-0.4, -0.2) is 11.9 Å². The minimum atomic E-state index is -4.35. The van der Waals surface area contributed by atoms with Crippen molar-refractivity contribution in [1.29, 1.82) is 0 Å². The van der Waals surface area contributed by atoms with Crippen LogP contribution in [0.2, 0.25) is 0 Å². The van der Waals surface area contributed by atoms with Crippen LogP contribution < -0.4 is 9.47 Å². The van der Waals surface area contributed by atoms with Gasteiger partial charge in [0.1, 0.15) is 23.4 Å². The topological polar surface area (TPSA) is 18.5 Å². The van der Waals surface area contributed by atoms with E-state index in [4.69, 9.17) is 9.47 Å². The third-order valence-electron chi connectivity index (χ3n) is 3.08. The van der Waals surface area contributed by atoms with Crippen LogP contribution in [0.5, 0.6) is 17.2 Å². The molecular weight excluding hydrogens is 337 g/mol. The van der Waals surface area contributed by atoms with E-state index in [1.807, 2.05) is 19.1 Å². The van der Waals surface area contributed by atoms with Gasteiger partial charge in [0.05, 0.1) is 5.56 Å². The molecule has 2 aromatic rings. The predicted octanol–water partition coefficient (Wildman–Crippen LogP) is 5.75. The van der Waals surface area contributed by atoms with Crippen molar-refractivity contribution in [2.45, 2.75) is 19.2 Å². The average molecular weight is 354 g/mol. The standard InChI is InChI=1S/C18H17F3O2S/c1-13(3-2-12-24)22-15-8-10-17(11-9-15)23-16-6-4-14(5-7-16)18(19,20)21/h2-11,13,24H,12H2,1H3. The van der Waals surface area contributed by atoms with Crippen molar-refractivity contribution in [3.63, 3.8) is 0 Å². The van der Waals surface area contributed by atoms with Gasteiger partial charge in [0.15, 0.2) is 0 Å². The molecule has 0 aliphatic rings. The summed E-state index contributed by atoms with van der Waals surface area (Å²) in [5.74, 6) is 2.17. The van der Waals surface area contributed by atoms with Crippen molar-refractivity contribution in [3.05, 3.63) is 66.2 Å². The third-order valence-corrected chi connectivity index (χ3v) is 3.29. The monoisotopic (exact) mass is 354 g/mol. The van der Waals surface area contributed by atoms with Crippen LogP contribution in [-0.2, 0) is 6.18 Å². The molecule has 1 atom stereocenters.